The number of hydrogen-bond acceptors (Lipinski definition) is 6. The second kappa shape index (κ2) is 10.1. The Labute approximate surface area is 191 Å². The van der Waals surface area contributed by atoms with E-state index in [0.29, 0.717) is 36.9 Å². The maximum Gasteiger partial charge on any atom is 0.227 e. The van der Waals surface area contributed by atoms with E-state index in [4.69, 9.17) is 4.74 Å². The van der Waals surface area contributed by atoms with Crippen LogP contribution in [0.15, 0.2) is 60.7 Å². The minimum Gasteiger partial charge on any atom is -0.494 e. The average molecular weight is 449 g/mol. The largest absolute Gasteiger partial charge is 0.494 e. The predicted molar refractivity (Wildman–Crippen MR) is 124 cm³/mol. The zero-order chi connectivity index (χ0) is 23.2. The lowest BCUT2D eigenvalue weighted by Gasteiger charge is -2.17. The van der Waals surface area contributed by atoms with Crippen LogP contribution >= 0.6 is 0 Å². The van der Waals surface area contributed by atoms with Gasteiger partial charge in [0.15, 0.2) is 11.5 Å². The number of nitrogens with zero attached hydrogens (tertiary/aromatic N) is 5. The van der Waals surface area contributed by atoms with Gasteiger partial charge >= 0.3 is 0 Å². The Morgan fingerprint density at radius 3 is 2.55 bits per heavy atom. The van der Waals surface area contributed by atoms with Crippen LogP contribution in [0.3, 0.4) is 0 Å². The maximum absolute atomic E-state index is 13.1. The van der Waals surface area contributed by atoms with Gasteiger partial charge in [0.05, 0.1) is 6.61 Å². The molecule has 0 saturated carbocycles. The number of amides is 1. The Balaban J connectivity index is 1.39. The normalized spacial score (nSPS) is 10.9. The second-order valence-corrected chi connectivity index (χ2v) is 7.46. The lowest BCUT2D eigenvalue weighted by atomic mass is 10.2. The molecule has 9 heteroatoms. The summed E-state index contributed by atoms with van der Waals surface area (Å²) in [6.45, 7) is 3.02. The molecule has 2 aromatic heterocycles. The van der Waals surface area contributed by atoms with Crippen molar-refractivity contribution in [2.75, 3.05) is 23.9 Å². The summed E-state index contributed by atoms with van der Waals surface area (Å²) in [7, 11) is 1.75. The number of carbonyl (C=O) groups is 1. The van der Waals surface area contributed by atoms with Gasteiger partial charge in [-0.2, -0.15) is 4.52 Å². The van der Waals surface area contributed by atoms with Crippen molar-refractivity contribution in [2.45, 2.75) is 26.3 Å². The molecular weight excluding hydrogens is 423 g/mol. The van der Waals surface area contributed by atoms with Gasteiger partial charge in [0, 0.05) is 32.1 Å². The van der Waals surface area contributed by atoms with Gasteiger partial charge in [-0.15, -0.1) is 15.3 Å². The number of rotatable bonds is 9. The first-order valence-corrected chi connectivity index (χ1v) is 10.7. The highest BCUT2D eigenvalue weighted by Gasteiger charge is 2.14. The highest BCUT2D eigenvalue weighted by molar-refractivity contribution is 5.92. The number of aromatic nitrogens is 4. The smallest absolute Gasteiger partial charge is 0.227 e. The molecule has 0 saturated heterocycles. The predicted octanol–water partition coefficient (Wildman–Crippen LogP) is 3.87. The summed E-state index contributed by atoms with van der Waals surface area (Å²) >= 11 is 0. The third kappa shape index (κ3) is 5.43. The highest BCUT2D eigenvalue weighted by Crippen LogP contribution is 2.19. The molecule has 0 fully saturated rings. The third-order valence-electron chi connectivity index (χ3n) is 5.19. The molecule has 170 valence electrons. The molecule has 4 rings (SSSR count). The minimum atomic E-state index is -0.268. The topological polar surface area (TPSA) is 84.6 Å². The van der Waals surface area contributed by atoms with Crippen molar-refractivity contribution in [3.05, 3.63) is 77.9 Å². The van der Waals surface area contributed by atoms with Crippen molar-refractivity contribution in [3.63, 3.8) is 0 Å². The molecule has 8 nitrogen and oxygen atoms in total. The minimum absolute atomic E-state index is 0.0403. The first-order valence-electron chi connectivity index (χ1n) is 10.7. The van der Waals surface area contributed by atoms with Crippen molar-refractivity contribution in [3.8, 4) is 5.75 Å². The van der Waals surface area contributed by atoms with Crippen LogP contribution < -0.4 is 15.0 Å². The van der Waals surface area contributed by atoms with Gasteiger partial charge in [0.25, 0.3) is 0 Å². The van der Waals surface area contributed by atoms with Crippen LogP contribution in [0.2, 0.25) is 0 Å². The molecule has 33 heavy (non-hydrogen) atoms. The average Bonchev–Trinajstić information content (AvgIpc) is 3.24. The highest BCUT2D eigenvalue weighted by atomic mass is 19.1. The van der Waals surface area contributed by atoms with Crippen molar-refractivity contribution in [1.82, 2.24) is 19.8 Å². The molecule has 2 heterocycles. The monoisotopic (exact) mass is 448 g/mol. The summed E-state index contributed by atoms with van der Waals surface area (Å²) in [5.41, 5.74) is 2.33. The van der Waals surface area contributed by atoms with Gasteiger partial charge in [-0.05, 0) is 61.0 Å². The van der Waals surface area contributed by atoms with Crippen molar-refractivity contribution in [1.29, 1.82) is 0 Å². The molecular formula is C24H25FN6O2. The number of halogens is 1. The molecule has 0 aliphatic heterocycles. The van der Waals surface area contributed by atoms with Crippen molar-refractivity contribution in [2.24, 2.45) is 0 Å². The van der Waals surface area contributed by atoms with E-state index in [2.05, 4.69) is 20.6 Å². The van der Waals surface area contributed by atoms with Crippen LogP contribution in [-0.4, -0.2) is 39.4 Å². The number of nitrogens with one attached hydrogen (secondary N) is 1. The van der Waals surface area contributed by atoms with E-state index < -0.39 is 0 Å². The van der Waals surface area contributed by atoms with E-state index in [0.717, 1.165) is 17.0 Å². The van der Waals surface area contributed by atoms with Crippen molar-refractivity contribution >= 4 is 23.1 Å². The fourth-order valence-electron chi connectivity index (χ4n) is 3.34. The number of hydrogen-bond donors (Lipinski definition) is 1. The number of ether oxygens (including phenoxy) is 1. The number of carbonyl (C=O) groups excluding carboxylic acids is 1. The van der Waals surface area contributed by atoms with Crippen LogP contribution in [0.5, 0.6) is 5.75 Å². The Bertz CT molecular complexity index is 1220. The molecule has 1 amide bonds. The van der Waals surface area contributed by atoms with E-state index in [1.165, 1.54) is 12.1 Å². The molecule has 0 atom stereocenters. The Kier molecular flexibility index (Phi) is 6.77. The van der Waals surface area contributed by atoms with E-state index in [1.54, 1.807) is 28.6 Å². The van der Waals surface area contributed by atoms with Crippen LogP contribution in [-0.2, 0) is 17.8 Å². The number of fused-ring (bicyclic) bond motifs is 1. The zero-order valence-electron chi connectivity index (χ0n) is 18.5. The summed E-state index contributed by atoms with van der Waals surface area (Å²) in [5.74, 6) is 1.69. The summed E-state index contributed by atoms with van der Waals surface area (Å²) in [4.78, 5) is 14.3. The molecule has 4 aromatic rings. The van der Waals surface area contributed by atoms with Gasteiger partial charge in [-0.1, -0.05) is 12.1 Å². The van der Waals surface area contributed by atoms with Crippen LogP contribution in [0.4, 0.5) is 15.9 Å². The molecule has 0 spiro atoms. The number of aryl methyl sites for hydroxylation is 1. The van der Waals surface area contributed by atoms with Gasteiger partial charge in [-0.3, -0.25) is 4.79 Å². The van der Waals surface area contributed by atoms with E-state index in [1.807, 2.05) is 43.3 Å². The van der Waals surface area contributed by atoms with Crippen LogP contribution in [0.1, 0.15) is 24.7 Å². The lowest BCUT2D eigenvalue weighted by Crippen LogP contribution is -2.26. The molecule has 2 aromatic carbocycles. The fraction of sp³-hybridized carbons (Fsp3) is 0.250. The third-order valence-corrected chi connectivity index (χ3v) is 5.19. The standard InChI is InChI=1S/C24H25FN6O2/c1-3-33-20-10-8-19(9-11-20)30(2)24(32)15-14-23-28-27-22-13-12-21(29-31(22)23)26-16-17-4-6-18(25)7-5-17/h4-13H,3,14-16H2,1-2H3,(H,26,29). The summed E-state index contributed by atoms with van der Waals surface area (Å²) in [5, 5.41) is 16.1. The molecule has 0 bridgehead atoms. The summed E-state index contributed by atoms with van der Waals surface area (Å²) in [6.07, 6.45) is 0.662. The second-order valence-electron chi connectivity index (χ2n) is 7.46. The first kappa shape index (κ1) is 22.2. The lowest BCUT2D eigenvalue weighted by molar-refractivity contribution is -0.118. The molecule has 1 N–H and O–H groups in total. The zero-order valence-corrected chi connectivity index (χ0v) is 18.5. The number of anilines is 2. The van der Waals surface area contributed by atoms with Gasteiger partial charge in [0.2, 0.25) is 5.91 Å². The molecule has 0 radical (unpaired) electrons. The molecule has 0 aliphatic carbocycles. The SMILES string of the molecule is CCOc1ccc(N(C)C(=O)CCc2nnc3ccc(NCc4ccc(F)cc4)nn23)cc1. The molecule has 0 unspecified atom stereocenters. The van der Waals surface area contributed by atoms with Gasteiger partial charge in [-0.25, -0.2) is 4.39 Å². The van der Waals surface area contributed by atoms with E-state index in [-0.39, 0.29) is 18.1 Å². The van der Waals surface area contributed by atoms with E-state index >= 15 is 0 Å². The maximum atomic E-state index is 13.1. The first-order chi connectivity index (χ1) is 16.0. The van der Waals surface area contributed by atoms with Crippen LogP contribution in [0, 0.1) is 5.82 Å². The Morgan fingerprint density at radius 1 is 1.06 bits per heavy atom. The van der Waals surface area contributed by atoms with Crippen molar-refractivity contribution < 1.29 is 13.9 Å². The summed E-state index contributed by atoms with van der Waals surface area (Å²) < 4.78 is 20.2. The van der Waals surface area contributed by atoms with Gasteiger partial charge in [0.1, 0.15) is 17.4 Å². The summed E-state index contributed by atoms with van der Waals surface area (Å²) in [6, 6.07) is 17.3. The quantitative estimate of drug-likeness (QED) is 0.418. The fourth-order valence-corrected chi connectivity index (χ4v) is 3.34. The van der Waals surface area contributed by atoms with Gasteiger partial charge < -0.3 is 15.0 Å². The Morgan fingerprint density at radius 2 is 1.82 bits per heavy atom. The van der Waals surface area contributed by atoms with Crippen LogP contribution in [0.25, 0.3) is 5.65 Å². The van der Waals surface area contributed by atoms with E-state index in [9.17, 15) is 9.18 Å². The number of benzene rings is 2. The Hall–Kier alpha value is -4.01. The molecule has 0 aliphatic rings.